The second-order valence-corrected chi connectivity index (χ2v) is 4.38. The fourth-order valence-corrected chi connectivity index (χ4v) is 1.80. The van der Waals surface area contributed by atoms with Gasteiger partial charge in [0.2, 0.25) is 9.84 Å². The van der Waals surface area contributed by atoms with E-state index in [9.17, 15) is 8.42 Å². The molecule has 74 valence electrons. The molecule has 0 bridgehead atoms. The molecule has 0 unspecified atom stereocenters. The maximum atomic E-state index is 11.0. The minimum absolute atomic E-state index is 0.333. The number of rotatable bonds is 1. The predicted octanol–water partition coefficient (Wildman–Crippen LogP) is 0.941. The SMILES string of the molecule is CC.C[n+]1ccccc1S(C)(=O)=O. The van der Waals surface area contributed by atoms with Crippen LogP contribution in [0.2, 0.25) is 0 Å². The Labute approximate surface area is 80.0 Å². The van der Waals surface area contributed by atoms with Crippen molar-refractivity contribution in [2.24, 2.45) is 7.05 Å². The lowest BCUT2D eigenvalue weighted by atomic mass is 10.5. The molecule has 0 amide bonds. The first kappa shape index (κ1) is 12.1. The molecule has 0 aliphatic heterocycles. The Morgan fingerprint density at radius 1 is 1.23 bits per heavy atom. The van der Waals surface area contributed by atoms with Crippen molar-refractivity contribution < 1.29 is 13.0 Å². The number of aryl methyl sites for hydroxylation is 1. The lowest BCUT2D eigenvalue weighted by Crippen LogP contribution is -2.34. The molecule has 0 spiro atoms. The van der Waals surface area contributed by atoms with Crippen LogP contribution in [-0.4, -0.2) is 14.7 Å². The fraction of sp³-hybridized carbons (Fsp3) is 0.444. The molecule has 0 saturated heterocycles. The van der Waals surface area contributed by atoms with Crippen molar-refractivity contribution in [3.63, 3.8) is 0 Å². The van der Waals surface area contributed by atoms with Gasteiger partial charge >= 0.3 is 0 Å². The van der Waals surface area contributed by atoms with Crippen LogP contribution in [0.25, 0.3) is 0 Å². The molecule has 0 N–H and O–H groups in total. The lowest BCUT2D eigenvalue weighted by Gasteiger charge is -1.93. The van der Waals surface area contributed by atoms with Gasteiger partial charge in [0, 0.05) is 18.4 Å². The van der Waals surface area contributed by atoms with Crippen LogP contribution in [0.4, 0.5) is 0 Å². The molecule has 0 radical (unpaired) electrons. The second-order valence-electron chi connectivity index (χ2n) is 2.42. The van der Waals surface area contributed by atoms with Gasteiger partial charge in [-0.1, -0.05) is 13.8 Å². The molecule has 13 heavy (non-hydrogen) atoms. The number of sulfone groups is 1. The van der Waals surface area contributed by atoms with E-state index < -0.39 is 9.84 Å². The molecule has 1 aromatic heterocycles. The van der Waals surface area contributed by atoms with E-state index in [1.165, 1.54) is 6.26 Å². The maximum absolute atomic E-state index is 11.0. The van der Waals surface area contributed by atoms with Gasteiger partial charge in [-0.25, -0.2) is 8.42 Å². The molecule has 3 nitrogen and oxygen atoms in total. The van der Waals surface area contributed by atoms with Crippen LogP contribution in [-0.2, 0) is 16.9 Å². The largest absolute Gasteiger partial charge is 0.296 e. The number of hydrogen-bond donors (Lipinski definition) is 0. The molecule has 4 heteroatoms. The molecule has 0 atom stereocenters. The van der Waals surface area contributed by atoms with E-state index >= 15 is 0 Å². The van der Waals surface area contributed by atoms with E-state index in [4.69, 9.17) is 0 Å². The van der Waals surface area contributed by atoms with Gasteiger partial charge in [-0.2, -0.15) is 4.57 Å². The van der Waals surface area contributed by atoms with Crippen LogP contribution in [0.1, 0.15) is 13.8 Å². The van der Waals surface area contributed by atoms with Crippen LogP contribution in [0.5, 0.6) is 0 Å². The summed E-state index contributed by atoms with van der Waals surface area (Å²) in [6.07, 6.45) is 2.90. The fourth-order valence-electron chi connectivity index (χ4n) is 0.893. The summed E-state index contributed by atoms with van der Waals surface area (Å²) in [4.78, 5) is 0. The highest BCUT2D eigenvalue weighted by Gasteiger charge is 2.16. The Morgan fingerprint density at radius 2 is 1.77 bits per heavy atom. The maximum Gasteiger partial charge on any atom is 0.296 e. The number of nitrogens with zero attached hydrogens (tertiary/aromatic N) is 1. The van der Waals surface area contributed by atoms with Gasteiger partial charge in [-0.05, 0) is 6.07 Å². The van der Waals surface area contributed by atoms with Crippen molar-refractivity contribution in [3.8, 4) is 0 Å². The minimum atomic E-state index is -3.07. The average Bonchev–Trinajstić information content (AvgIpc) is 2.07. The van der Waals surface area contributed by atoms with Crippen molar-refractivity contribution in [2.45, 2.75) is 18.9 Å². The third-order valence-electron chi connectivity index (χ3n) is 1.39. The third kappa shape index (κ3) is 3.55. The first-order valence-corrected chi connectivity index (χ1v) is 6.05. The van der Waals surface area contributed by atoms with Crippen LogP contribution in [0.15, 0.2) is 29.4 Å². The van der Waals surface area contributed by atoms with E-state index in [1.807, 2.05) is 13.8 Å². The van der Waals surface area contributed by atoms with Gasteiger partial charge < -0.3 is 0 Å². The van der Waals surface area contributed by atoms with Gasteiger partial charge in [-0.3, -0.25) is 0 Å². The molecule has 1 rings (SSSR count). The van der Waals surface area contributed by atoms with Crippen LogP contribution in [0, 0.1) is 0 Å². The Balaban J connectivity index is 0.000000671. The molecule has 0 aromatic carbocycles. The normalized spacial score (nSPS) is 10.2. The zero-order valence-electron chi connectivity index (χ0n) is 8.48. The summed E-state index contributed by atoms with van der Waals surface area (Å²) in [6.45, 7) is 4.00. The molecule has 1 aromatic rings. The quantitative estimate of drug-likeness (QED) is 0.636. The summed E-state index contributed by atoms with van der Waals surface area (Å²) < 4.78 is 23.6. The highest BCUT2D eigenvalue weighted by Crippen LogP contribution is 1.99. The van der Waals surface area contributed by atoms with E-state index in [-0.39, 0.29) is 0 Å². The number of hydrogen-bond acceptors (Lipinski definition) is 2. The first-order chi connectivity index (χ1) is 6.02. The number of pyridine rings is 1. The highest BCUT2D eigenvalue weighted by molar-refractivity contribution is 7.90. The Morgan fingerprint density at radius 3 is 2.08 bits per heavy atom. The molecule has 1 heterocycles. The van der Waals surface area contributed by atoms with Crippen molar-refractivity contribution in [1.29, 1.82) is 0 Å². The molecule has 0 aliphatic carbocycles. The van der Waals surface area contributed by atoms with Crippen LogP contribution < -0.4 is 4.57 Å². The minimum Gasteiger partial charge on any atom is -0.218 e. The van der Waals surface area contributed by atoms with E-state index in [0.29, 0.717) is 5.03 Å². The zero-order chi connectivity index (χ0) is 10.5. The van der Waals surface area contributed by atoms with Gasteiger partial charge in [0.05, 0.1) is 0 Å². The summed E-state index contributed by atoms with van der Waals surface area (Å²) in [5.41, 5.74) is 0. The Kier molecular flexibility index (Phi) is 4.62. The summed E-state index contributed by atoms with van der Waals surface area (Å²) in [5, 5.41) is 0.333. The molecule has 0 saturated carbocycles. The average molecular weight is 202 g/mol. The predicted molar refractivity (Wildman–Crippen MR) is 52.1 cm³/mol. The van der Waals surface area contributed by atoms with Gasteiger partial charge in [0.1, 0.15) is 7.05 Å². The van der Waals surface area contributed by atoms with E-state index in [1.54, 1.807) is 36.0 Å². The topological polar surface area (TPSA) is 38.0 Å². The Hall–Kier alpha value is -0.900. The number of aromatic nitrogens is 1. The molecular formula is C9H16NO2S+. The van der Waals surface area contributed by atoms with Gasteiger partial charge in [-0.15, -0.1) is 0 Å². The molecule has 0 aliphatic rings. The first-order valence-electron chi connectivity index (χ1n) is 4.16. The van der Waals surface area contributed by atoms with Gasteiger partial charge in [0.25, 0.3) is 5.03 Å². The monoisotopic (exact) mass is 202 g/mol. The summed E-state index contributed by atoms with van der Waals surface area (Å²) >= 11 is 0. The molecular weight excluding hydrogens is 186 g/mol. The van der Waals surface area contributed by atoms with Gasteiger partial charge in [0.15, 0.2) is 6.20 Å². The lowest BCUT2D eigenvalue weighted by molar-refractivity contribution is -0.709. The second kappa shape index (κ2) is 4.97. The zero-order valence-corrected chi connectivity index (χ0v) is 9.30. The highest BCUT2D eigenvalue weighted by atomic mass is 32.2. The van der Waals surface area contributed by atoms with Crippen molar-refractivity contribution >= 4 is 9.84 Å². The van der Waals surface area contributed by atoms with E-state index in [2.05, 4.69) is 0 Å². The smallest absolute Gasteiger partial charge is 0.218 e. The van der Waals surface area contributed by atoms with Crippen molar-refractivity contribution in [3.05, 3.63) is 24.4 Å². The summed E-state index contributed by atoms with van der Waals surface area (Å²) in [7, 11) is -1.37. The van der Waals surface area contributed by atoms with E-state index in [0.717, 1.165) is 0 Å². The summed E-state index contributed by atoms with van der Waals surface area (Å²) in [5.74, 6) is 0. The standard InChI is InChI=1S/C7H10NO2S.C2H6/c1-8-6-4-3-5-7(8)11(2,9)10;1-2/h3-6H,1-2H3;1-2H3/q+1;. The third-order valence-corrected chi connectivity index (χ3v) is 2.57. The summed E-state index contributed by atoms with van der Waals surface area (Å²) in [6, 6.07) is 5.07. The van der Waals surface area contributed by atoms with Crippen LogP contribution >= 0.6 is 0 Å². The van der Waals surface area contributed by atoms with Crippen molar-refractivity contribution in [1.82, 2.24) is 0 Å². The molecule has 0 fully saturated rings. The van der Waals surface area contributed by atoms with Crippen molar-refractivity contribution in [2.75, 3.05) is 6.26 Å². The van der Waals surface area contributed by atoms with Crippen LogP contribution in [0.3, 0.4) is 0 Å². The Bertz CT molecular complexity index is 358.